The first-order valence-corrected chi connectivity index (χ1v) is 8.91. The van der Waals surface area contributed by atoms with Crippen LogP contribution in [0.5, 0.6) is 0 Å². The van der Waals surface area contributed by atoms with Gasteiger partial charge in [0, 0.05) is 36.2 Å². The average Bonchev–Trinajstić information content (AvgIpc) is 3.17. The van der Waals surface area contributed by atoms with Crippen LogP contribution in [0.4, 0.5) is 5.69 Å². The van der Waals surface area contributed by atoms with Crippen LogP contribution in [-0.2, 0) is 0 Å². The lowest BCUT2D eigenvalue weighted by Gasteiger charge is -2.13. The summed E-state index contributed by atoms with van der Waals surface area (Å²) in [5, 5.41) is 3.14. The fourth-order valence-corrected chi connectivity index (χ4v) is 3.19. The maximum atomic E-state index is 12.5. The van der Waals surface area contributed by atoms with Crippen LogP contribution in [0.1, 0.15) is 20.8 Å². The van der Waals surface area contributed by atoms with Gasteiger partial charge >= 0.3 is 0 Å². The normalized spacial score (nSPS) is 10.8. The number of carbonyl (C=O) groups excluding carboxylic acids is 2. The van der Waals surface area contributed by atoms with Gasteiger partial charge in [-0.2, -0.15) is 0 Å². The lowest BCUT2D eigenvalue weighted by atomic mass is 10.1. The fourth-order valence-electron chi connectivity index (χ4n) is 3.19. The van der Waals surface area contributed by atoms with Crippen molar-refractivity contribution < 1.29 is 9.59 Å². The molecule has 3 N–H and O–H groups in total. The number of nitrogens with zero attached hydrogens (tertiary/aromatic N) is 1. The molecule has 28 heavy (non-hydrogen) atoms. The highest BCUT2D eigenvalue weighted by Gasteiger charge is 2.13. The van der Waals surface area contributed by atoms with E-state index < -0.39 is 5.91 Å². The summed E-state index contributed by atoms with van der Waals surface area (Å²) in [7, 11) is 3.80. The van der Waals surface area contributed by atoms with Crippen molar-refractivity contribution in [1.82, 2.24) is 15.8 Å². The highest BCUT2D eigenvalue weighted by molar-refractivity contribution is 6.10. The zero-order valence-corrected chi connectivity index (χ0v) is 15.6. The molecule has 6 heteroatoms. The third kappa shape index (κ3) is 3.27. The van der Waals surface area contributed by atoms with Crippen LogP contribution in [0.25, 0.3) is 21.7 Å². The second kappa shape index (κ2) is 7.08. The molecule has 1 aromatic heterocycles. The zero-order chi connectivity index (χ0) is 19.7. The largest absolute Gasteiger partial charge is 0.378 e. The molecule has 140 valence electrons. The number of fused-ring (bicyclic) bond motifs is 3. The Bertz CT molecular complexity index is 1190. The Balaban J connectivity index is 1.51. The number of nitrogens with one attached hydrogen (secondary N) is 3. The van der Waals surface area contributed by atoms with Gasteiger partial charge in [-0.1, -0.05) is 36.4 Å². The molecule has 0 aliphatic carbocycles. The second-order valence-electron chi connectivity index (χ2n) is 6.78. The van der Waals surface area contributed by atoms with Gasteiger partial charge in [-0.15, -0.1) is 0 Å². The fraction of sp³-hybridized carbons (Fsp3) is 0.0909. The topological polar surface area (TPSA) is 77.2 Å². The number of anilines is 1. The number of benzene rings is 3. The van der Waals surface area contributed by atoms with E-state index in [-0.39, 0.29) is 5.91 Å². The Kier molecular flexibility index (Phi) is 4.45. The molecule has 0 saturated heterocycles. The van der Waals surface area contributed by atoms with Crippen molar-refractivity contribution in [2.24, 2.45) is 0 Å². The molecule has 0 spiro atoms. The van der Waals surface area contributed by atoms with Crippen molar-refractivity contribution in [3.63, 3.8) is 0 Å². The summed E-state index contributed by atoms with van der Waals surface area (Å²) in [6.07, 6.45) is 0. The minimum atomic E-state index is -0.405. The van der Waals surface area contributed by atoms with Crippen molar-refractivity contribution in [1.29, 1.82) is 0 Å². The van der Waals surface area contributed by atoms with Crippen molar-refractivity contribution in [2.75, 3.05) is 19.0 Å². The summed E-state index contributed by atoms with van der Waals surface area (Å²) in [4.78, 5) is 29.9. The first kappa shape index (κ1) is 17.6. The van der Waals surface area contributed by atoms with Crippen LogP contribution in [-0.4, -0.2) is 30.9 Å². The molecule has 0 bridgehead atoms. The monoisotopic (exact) mass is 372 g/mol. The summed E-state index contributed by atoms with van der Waals surface area (Å²) in [6.45, 7) is 0. The Morgan fingerprint density at radius 1 is 0.821 bits per heavy atom. The SMILES string of the molecule is CN(C)c1cccc(C(=O)NNC(=O)c2cc3c(ccc4ccccc43)[nH]2)c1. The third-order valence-electron chi connectivity index (χ3n) is 4.69. The average molecular weight is 372 g/mol. The molecule has 0 fully saturated rings. The van der Waals surface area contributed by atoms with Gasteiger partial charge in [0.05, 0.1) is 0 Å². The minimum Gasteiger partial charge on any atom is -0.378 e. The Hall–Kier alpha value is -3.80. The van der Waals surface area contributed by atoms with Crippen molar-refractivity contribution in [3.8, 4) is 0 Å². The van der Waals surface area contributed by atoms with E-state index in [1.165, 1.54) is 0 Å². The minimum absolute atomic E-state index is 0.376. The number of aromatic amines is 1. The molecule has 1 heterocycles. The molecule has 4 rings (SSSR count). The summed E-state index contributed by atoms with van der Waals surface area (Å²) in [5.74, 6) is -0.781. The van der Waals surface area contributed by atoms with Crippen LogP contribution < -0.4 is 15.8 Å². The van der Waals surface area contributed by atoms with Gasteiger partial charge in [0.15, 0.2) is 0 Å². The molecule has 3 aromatic carbocycles. The molecular weight excluding hydrogens is 352 g/mol. The summed E-state index contributed by atoms with van der Waals surface area (Å²) < 4.78 is 0. The predicted molar refractivity (Wildman–Crippen MR) is 112 cm³/mol. The number of H-pyrrole nitrogens is 1. The number of hydrogen-bond donors (Lipinski definition) is 3. The quantitative estimate of drug-likeness (QED) is 0.482. The molecule has 0 unspecified atom stereocenters. The van der Waals surface area contributed by atoms with Crippen molar-refractivity contribution in [2.45, 2.75) is 0 Å². The Labute approximate surface area is 162 Å². The van der Waals surface area contributed by atoms with Crippen molar-refractivity contribution in [3.05, 3.63) is 78.0 Å². The summed E-state index contributed by atoms with van der Waals surface area (Å²) in [6, 6.07) is 20.9. The first-order valence-electron chi connectivity index (χ1n) is 8.91. The van der Waals surface area contributed by atoms with Gasteiger partial charge in [-0.3, -0.25) is 20.4 Å². The zero-order valence-electron chi connectivity index (χ0n) is 15.6. The van der Waals surface area contributed by atoms with Crippen LogP contribution in [0.15, 0.2) is 66.7 Å². The van der Waals surface area contributed by atoms with E-state index >= 15 is 0 Å². The van der Waals surface area contributed by atoms with Crippen LogP contribution >= 0.6 is 0 Å². The van der Waals surface area contributed by atoms with E-state index in [0.29, 0.717) is 11.3 Å². The molecule has 4 aromatic rings. The maximum Gasteiger partial charge on any atom is 0.286 e. The van der Waals surface area contributed by atoms with Gasteiger partial charge in [0.25, 0.3) is 11.8 Å². The summed E-state index contributed by atoms with van der Waals surface area (Å²) >= 11 is 0. The molecule has 2 amide bonds. The first-order chi connectivity index (χ1) is 13.5. The van der Waals surface area contributed by atoms with E-state index in [0.717, 1.165) is 27.4 Å². The number of hydrazine groups is 1. The smallest absolute Gasteiger partial charge is 0.286 e. The van der Waals surface area contributed by atoms with Gasteiger partial charge in [0.2, 0.25) is 0 Å². The summed E-state index contributed by atoms with van der Waals surface area (Å²) in [5.41, 5.74) is 7.56. The Morgan fingerprint density at radius 2 is 1.61 bits per heavy atom. The number of carbonyl (C=O) groups is 2. The number of aromatic nitrogens is 1. The lowest BCUT2D eigenvalue weighted by molar-refractivity contribution is 0.0844. The van der Waals surface area contributed by atoms with Crippen LogP contribution in [0.2, 0.25) is 0 Å². The standard InChI is InChI=1S/C22H20N4O2/c1-26(2)16-8-5-7-15(12-16)21(27)24-25-22(28)20-13-18-17-9-4-3-6-14(17)10-11-19(18)23-20/h3-13,23H,1-2H3,(H,24,27)(H,25,28). The molecular formula is C22H20N4O2. The van der Waals surface area contributed by atoms with E-state index in [1.54, 1.807) is 24.3 Å². The third-order valence-corrected chi connectivity index (χ3v) is 4.69. The van der Waals surface area contributed by atoms with E-state index in [1.807, 2.05) is 61.5 Å². The molecule has 0 aliphatic rings. The van der Waals surface area contributed by atoms with Gasteiger partial charge in [-0.05, 0) is 41.1 Å². The van der Waals surface area contributed by atoms with Gasteiger partial charge < -0.3 is 9.88 Å². The molecule has 0 radical (unpaired) electrons. The van der Waals surface area contributed by atoms with Gasteiger partial charge in [-0.25, -0.2) is 0 Å². The Morgan fingerprint density at radius 3 is 2.43 bits per heavy atom. The van der Waals surface area contributed by atoms with Crippen molar-refractivity contribution >= 4 is 39.2 Å². The van der Waals surface area contributed by atoms with Crippen LogP contribution in [0.3, 0.4) is 0 Å². The number of hydrogen-bond acceptors (Lipinski definition) is 3. The molecule has 6 nitrogen and oxygen atoms in total. The maximum absolute atomic E-state index is 12.5. The predicted octanol–water partition coefficient (Wildman–Crippen LogP) is 3.46. The van der Waals surface area contributed by atoms with Gasteiger partial charge in [0.1, 0.15) is 5.69 Å². The molecule has 0 aliphatic heterocycles. The van der Waals surface area contributed by atoms with Crippen LogP contribution in [0, 0.1) is 0 Å². The highest BCUT2D eigenvalue weighted by Crippen LogP contribution is 2.25. The molecule has 0 saturated carbocycles. The molecule has 0 atom stereocenters. The van der Waals surface area contributed by atoms with E-state index in [4.69, 9.17) is 0 Å². The van der Waals surface area contributed by atoms with E-state index in [2.05, 4.69) is 15.8 Å². The number of rotatable bonds is 3. The lowest BCUT2D eigenvalue weighted by Crippen LogP contribution is -2.41. The second-order valence-corrected chi connectivity index (χ2v) is 6.78. The highest BCUT2D eigenvalue weighted by atomic mass is 16.2. The number of amides is 2. The van der Waals surface area contributed by atoms with E-state index in [9.17, 15) is 9.59 Å².